The highest BCUT2D eigenvalue weighted by Crippen LogP contribution is 2.22. The van der Waals surface area contributed by atoms with E-state index in [1.165, 1.54) is 6.07 Å². The number of nitrogens with zero attached hydrogens (tertiary/aromatic N) is 1. The predicted molar refractivity (Wildman–Crippen MR) is 76.6 cm³/mol. The number of nitro groups is 1. The highest BCUT2D eigenvalue weighted by molar-refractivity contribution is 6.30. The number of benzene rings is 2. The molecular weight excluding hydrogens is 264 g/mol. The van der Waals surface area contributed by atoms with Crippen molar-refractivity contribution >= 4 is 23.0 Å². The minimum atomic E-state index is -0.369. The van der Waals surface area contributed by atoms with Crippen molar-refractivity contribution in [2.45, 2.75) is 13.5 Å². The molecule has 0 spiro atoms. The summed E-state index contributed by atoms with van der Waals surface area (Å²) in [5, 5.41) is 14.8. The molecule has 0 saturated heterocycles. The molecule has 0 aliphatic heterocycles. The van der Waals surface area contributed by atoms with Gasteiger partial charge in [-0.3, -0.25) is 10.1 Å². The first-order valence-electron chi connectivity index (χ1n) is 5.80. The van der Waals surface area contributed by atoms with Gasteiger partial charge in [0.15, 0.2) is 0 Å². The highest BCUT2D eigenvalue weighted by atomic mass is 35.5. The normalized spacial score (nSPS) is 10.2. The fourth-order valence-corrected chi connectivity index (χ4v) is 2.08. The van der Waals surface area contributed by atoms with Gasteiger partial charge >= 0.3 is 0 Å². The van der Waals surface area contributed by atoms with E-state index in [0.717, 1.165) is 11.3 Å². The molecule has 0 amide bonds. The van der Waals surface area contributed by atoms with Crippen molar-refractivity contribution in [3.05, 3.63) is 68.7 Å². The number of nitrogens with one attached hydrogen (secondary N) is 1. The number of anilines is 1. The Labute approximate surface area is 116 Å². The summed E-state index contributed by atoms with van der Waals surface area (Å²) in [7, 11) is 0. The van der Waals surface area contributed by atoms with E-state index in [-0.39, 0.29) is 10.6 Å². The molecule has 0 fully saturated rings. The maximum Gasteiger partial charge on any atom is 0.274 e. The van der Waals surface area contributed by atoms with Crippen LogP contribution in [-0.4, -0.2) is 4.92 Å². The van der Waals surface area contributed by atoms with E-state index in [1.807, 2.05) is 19.1 Å². The molecule has 0 bridgehead atoms. The molecule has 0 aromatic heterocycles. The molecule has 0 saturated carbocycles. The summed E-state index contributed by atoms with van der Waals surface area (Å²) in [6, 6.07) is 12.2. The molecular formula is C14H13ClN2O2. The van der Waals surface area contributed by atoms with E-state index in [9.17, 15) is 10.1 Å². The Kier molecular flexibility index (Phi) is 4.02. The molecule has 0 aliphatic carbocycles. The van der Waals surface area contributed by atoms with E-state index in [1.54, 1.807) is 24.3 Å². The Balaban J connectivity index is 2.17. The van der Waals surface area contributed by atoms with E-state index in [0.29, 0.717) is 17.1 Å². The Morgan fingerprint density at radius 1 is 1.26 bits per heavy atom. The van der Waals surface area contributed by atoms with Crippen LogP contribution in [0.4, 0.5) is 11.4 Å². The molecule has 2 rings (SSSR count). The van der Waals surface area contributed by atoms with Crippen molar-refractivity contribution in [3.63, 3.8) is 0 Å². The Morgan fingerprint density at radius 2 is 2.00 bits per heavy atom. The molecule has 98 valence electrons. The molecule has 2 aromatic carbocycles. The molecule has 0 heterocycles. The zero-order valence-electron chi connectivity index (χ0n) is 10.4. The number of aryl methyl sites for hydroxylation is 1. The van der Waals surface area contributed by atoms with Crippen molar-refractivity contribution in [2.75, 3.05) is 5.32 Å². The molecule has 19 heavy (non-hydrogen) atoms. The Bertz CT molecular complexity index is 614. The summed E-state index contributed by atoms with van der Waals surface area (Å²) in [5.41, 5.74) is 2.71. The number of halogens is 1. The number of rotatable bonds is 4. The van der Waals surface area contributed by atoms with Crippen molar-refractivity contribution in [1.29, 1.82) is 0 Å². The first-order valence-corrected chi connectivity index (χ1v) is 6.18. The third-order valence-electron chi connectivity index (χ3n) is 2.85. The van der Waals surface area contributed by atoms with Crippen LogP contribution in [0.3, 0.4) is 0 Å². The van der Waals surface area contributed by atoms with Crippen molar-refractivity contribution in [1.82, 2.24) is 0 Å². The number of hydrogen-bond acceptors (Lipinski definition) is 3. The quantitative estimate of drug-likeness (QED) is 0.673. The van der Waals surface area contributed by atoms with Crippen LogP contribution in [0.1, 0.15) is 11.1 Å². The predicted octanol–water partition coefficient (Wildman–Crippen LogP) is 4.17. The van der Waals surface area contributed by atoms with Crippen LogP contribution in [0.15, 0.2) is 42.5 Å². The molecule has 0 atom stereocenters. The standard InChI is InChI=1S/C14H13ClN2O2/c1-10-8-12(15)6-7-13(10)16-9-11-4-2-3-5-14(11)17(18)19/h2-8,16H,9H2,1H3. The van der Waals surface area contributed by atoms with Gasteiger partial charge in [-0.15, -0.1) is 0 Å². The minimum absolute atomic E-state index is 0.126. The summed E-state index contributed by atoms with van der Waals surface area (Å²) in [5.74, 6) is 0. The van der Waals surface area contributed by atoms with Gasteiger partial charge in [-0.1, -0.05) is 29.8 Å². The van der Waals surface area contributed by atoms with Crippen molar-refractivity contribution in [2.24, 2.45) is 0 Å². The minimum Gasteiger partial charge on any atom is -0.380 e. The maximum absolute atomic E-state index is 10.9. The van der Waals surface area contributed by atoms with Gasteiger partial charge in [-0.05, 0) is 30.7 Å². The molecule has 0 unspecified atom stereocenters. The van der Waals surface area contributed by atoms with Crippen molar-refractivity contribution in [3.8, 4) is 0 Å². The second-order valence-electron chi connectivity index (χ2n) is 4.20. The summed E-state index contributed by atoms with van der Waals surface area (Å²) in [4.78, 5) is 10.5. The van der Waals surface area contributed by atoms with Gasteiger partial charge in [0.2, 0.25) is 0 Å². The molecule has 4 nitrogen and oxygen atoms in total. The Morgan fingerprint density at radius 3 is 2.68 bits per heavy atom. The molecule has 0 radical (unpaired) electrons. The van der Waals surface area contributed by atoms with Gasteiger partial charge in [-0.2, -0.15) is 0 Å². The highest BCUT2D eigenvalue weighted by Gasteiger charge is 2.11. The molecule has 2 aromatic rings. The molecule has 0 aliphatic rings. The van der Waals surface area contributed by atoms with Gasteiger partial charge in [0, 0.05) is 28.9 Å². The number of hydrogen-bond donors (Lipinski definition) is 1. The van der Waals surface area contributed by atoms with E-state index < -0.39 is 0 Å². The van der Waals surface area contributed by atoms with Crippen LogP contribution in [0, 0.1) is 17.0 Å². The SMILES string of the molecule is Cc1cc(Cl)ccc1NCc1ccccc1[N+](=O)[O-]. The first kappa shape index (κ1) is 13.4. The average Bonchev–Trinajstić information content (AvgIpc) is 2.38. The van der Waals surface area contributed by atoms with Crippen LogP contribution in [0.5, 0.6) is 0 Å². The number of nitro benzene ring substituents is 1. The Hall–Kier alpha value is -2.07. The van der Waals surface area contributed by atoms with Gasteiger partial charge in [0.25, 0.3) is 5.69 Å². The molecule has 1 N–H and O–H groups in total. The van der Waals surface area contributed by atoms with Crippen LogP contribution in [0.2, 0.25) is 5.02 Å². The first-order chi connectivity index (χ1) is 9.08. The van der Waals surface area contributed by atoms with Crippen LogP contribution >= 0.6 is 11.6 Å². The molecule has 5 heteroatoms. The third kappa shape index (κ3) is 3.23. The second kappa shape index (κ2) is 5.71. The van der Waals surface area contributed by atoms with Gasteiger partial charge in [-0.25, -0.2) is 0 Å². The summed E-state index contributed by atoms with van der Waals surface area (Å²) >= 11 is 5.88. The van der Waals surface area contributed by atoms with Crippen molar-refractivity contribution < 1.29 is 4.92 Å². The van der Waals surface area contributed by atoms with Crippen LogP contribution < -0.4 is 5.32 Å². The third-order valence-corrected chi connectivity index (χ3v) is 3.08. The smallest absolute Gasteiger partial charge is 0.274 e. The number of para-hydroxylation sites is 1. The van der Waals surface area contributed by atoms with Crippen LogP contribution in [-0.2, 0) is 6.54 Å². The van der Waals surface area contributed by atoms with E-state index in [4.69, 9.17) is 11.6 Å². The largest absolute Gasteiger partial charge is 0.380 e. The fraction of sp³-hybridized carbons (Fsp3) is 0.143. The lowest BCUT2D eigenvalue weighted by atomic mass is 10.1. The average molecular weight is 277 g/mol. The lowest BCUT2D eigenvalue weighted by molar-refractivity contribution is -0.385. The van der Waals surface area contributed by atoms with E-state index >= 15 is 0 Å². The summed E-state index contributed by atoms with van der Waals surface area (Å²) in [6.45, 7) is 2.34. The fourth-order valence-electron chi connectivity index (χ4n) is 1.85. The van der Waals surface area contributed by atoms with E-state index in [2.05, 4.69) is 5.32 Å². The zero-order valence-corrected chi connectivity index (χ0v) is 11.1. The van der Waals surface area contributed by atoms with Gasteiger partial charge in [0.05, 0.1) is 4.92 Å². The summed E-state index contributed by atoms with van der Waals surface area (Å²) in [6.07, 6.45) is 0. The second-order valence-corrected chi connectivity index (χ2v) is 4.64. The summed E-state index contributed by atoms with van der Waals surface area (Å²) < 4.78 is 0. The topological polar surface area (TPSA) is 55.2 Å². The monoisotopic (exact) mass is 276 g/mol. The lowest BCUT2D eigenvalue weighted by Gasteiger charge is -2.10. The lowest BCUT2D eigenvalue weighted by Crippen LogP contribution is -2.03. The maximum atomic E-state index is 10.9. The van der Waals surface area contributed by atoms with Gasteiger partial charge in [0.1, 0.15) is 0 Å². The van der Waals surface area contributed by atoms with Gasteiger partial charge < -0.3 is 5.32 Å². The zero-order chi connectivity index (χ0) is 13.8. The van der Waals surface area contributed by atoms with Crippen LogP contribution in [0.25, 0.3) is 0 Å².